The van der Waals surface area contributed by atoms with Crippen LogP contribution in [0.2, 0.25) is 0 Å². The lowest BCUT2D eigenvalue weighted by Gasteiger charge is -2.16. The van der Waals surface area contributed by atoms with E-state index in [1.165, 1.54) is 5.56 Å². The van der Waals surface area contributed by atoms with Gasteiger partial charge in [0.05, 0.1) is 11.4 Å². The molecule has 94 valence electrons. The van der Waals surface area contributed by atoms with Gasteiger partial charge in [-0.05, 0) is 24.6 Å². The maximum absolute atomic E-state index is 4.49. The molecule has 3 heteroatoms. The van der Waals surface area contributed by atoms with Gasteiger partial charge in [0, 0.05) is 30.7 Å². The molecule has 2 nitrogen and oxygen atoms in total. The minimum Gasteiger partial charge on any atom is -0.376 e. The lowest BCUT2D eigenvalue weighted by molar-refractivity contribution is 1.11. The van der Waals surface area contributed by atoms with Crippen molar-refractivity contribution in [3.8, 4) is 11.3 Å². The SMILES string of the molecule is CC(Br)c1ccc(-c2ncccc2N(C)C)cc1. The Balaban J connectivity index is 2.43. The van der Waals surface area contributed by atoms with Gasteiger partial charge < -0.3 is 4.90 Å². The smallest absolute Gasteiger partial charge is 0.0935 e. The second kappa shape index (κ2) is 5.53. The first-order valence-corrected chi connectivity index (χ1v) is 6.88. The number of benzene rings is 1. The first-order chi connectivity index (χ1) is 8.59. The van der Waals surface area contributed by atoms with Gasteiger partial charge in [0.25, 0.3) is 0 Å². The summed E-state index contributed by atoms with van der Waals surface area (Å²) in [7, 11) is 4.07. The predicted molar refractivity (Wildman–Crippen MR) is 81.3 cm³/mol. The number of nitrogens with zero attached hydrogens (tertiary/aromatic N) is 2. The van der Waals surface area contributed by atoms with Crippen LogP contribution in [0.1, 0.15) is 17.3 Å². The molecule has 0 saturated heterocycles. The van der Waals surface area contributed by atoms with Gasteiger partial charge >= 0.3 is 0 Å². The summed E-state index contributed by atoms with van der Waals surface area (Å²) in [4.78, 5) is 6.96. The van der Waals surface area contributed by atoms with Crippen LogP contribution >= 0.6 is 15.9 Å². The van der Waals surface area contributed by atoms with Crippen LogP contribution in [0.4, 0.5) is 5.69 Å². The lowest BCUT2D eigenvalue weighted by atomic mass is 10.1. The number of anilines is 1. The second-order valence-electron chi connectivity index (χ2n) is 4.50. The largest absolute Gasteiger partial charge is 0.376 e. The third-order valence-corrected chi connectivity index (χ3v) is 3.44. The first kappa shape index (κ1) is 13.1. The molecular formula is C15H17BrN2. The Bertz CT molecular complexity index is 518. The second-order valence-corrected chi connectivity index (χ2v) is 5.88. The van der Waals surface area contributed by atoms with Crippen molar-refractivity contribution >= 4 is 21.6 Å². The van der Waals surface area contributed by atoms with Crippen LogP contribution < -0.4 is 4.90 Å². The fraction of sp³-hybridized carbons (Fsp3) is 0.267. The number of pyridine rings is 1. The van der Waals surface area contributed by atoms with E-state index >= 15 is 0 Å². The maximum Gasteiger partial charge on any atom is 0.0935 e. The van der Waals surface area contributed by atoms with Gasteiger partial charge in [0.15, 0.2) is 0 Å². The summed E-state index contributed by atoms with van der Waals surface area (Å²) >= 11 is 3.58. The fourth-order valence-electron chi connectivity index (χ4n) is 1.89. The molecule has 0 aliphatic carbocycles. The molecule has 1 heterocycles. The average molecular weight is 305 g/mol. The van der Waals surface area contributed by atoms with Gasteiger partial charge in [0.2, 0.25) is 0 Å². The maximum atomic E-state index is 4.49. The van der Waals surface area contributed by atoms with Gasteiger partial charge in [-0.15, -0.1) is 0 Å². The molecule has 0 spiro atoms. The van der Waals surface area contributed by atoms with E-state index in [9.17, 15) is 0 Å². The topological polar surface area (TPSA) is 16.1 Å². The summed E-state index contributed by atoms with van der Waals surface area (Å²) in [6.07, 6.45) is 1.84. The molecule has 2 rings (SSSR count). The van der Waals surface area contributed by atoms with E-state index in [0.29, 0.717) is 4.83 Å². The Morgan fingerprint density at radius 2 is 1.78 bits per heavy atom. The Labute approximate surface area is 117 Å². The van der Waals surface area contributed by atoms with Gasteiger partial charge in [-0.2, -0.15) is 0 Å². The highest BCUT2D eigenvalue weighted by molar-refractivity contribution is 9.09. The zero-order chi connectivity index (χ0) is 13.1. The fourth-order valence-corrected chi connectivity index (χ4v) is 2.19. The summed E-state index contributed by atoms with van der Waals surface area (Å²) in [5.41, 5.74) is 4.59. The Morgan fingerprint density at radius 3 is 2.33 bits per heavy atom. The van der Waals surface area contributed by atoms with Crippen LogP contribution in [0.5, 0.6) is 0 Å². The molecular weight excluding hydrogens is 288 g/mol. The minimum atomic E-state index is 0.378. The minimum absolute atomic E-state index is 0.378. The van der Waals surface area contributed by atoms with Gasteiger partial charge in [-0.25, -0.2) is 0 Å². The average Bonchev–Trinajstić information content (AvgIpc) is 2.39. The molecule has 0 radical (unpaired) electrons. The van der Waals surface area contributed by atoms with Gasteiger partial charge in [-0.3, -0.25) is 4.98 Å². The van der Waals surface area contributed by atoms with Crippen LogP contribution in [-0.4, -0.2) is 19.1 Å². The standard InChI is InChI=1S/C15H17BrN2/c1-11(16)12-6-8-13(9-7-12)15-14(18(2)3)5-4-10-17-15/h4-11H,1-3H3. The van der Waals surface area contributed by atoms with E-state index in [1.54, 1.807) is 0 Å². The highest BCUT2D eigenvalue weighted by Crippen LogP contribution is 2.29. The molecule has 0 aliphatic heterocycles. The third kappa shape index (κ3) is 2.72. The molecule has 0 bridgehead atoms. The molecule has 1 aromatic heterocycles. The van der Waals surface area contributed by atoms with Crippen molar-refractivity contribution in [2.75, 3.05) is 19.0 Å². The number of rotatable bonds is 3. The first-order valence-electron chi connectivity index (χ1n) is 5.96. The summed E-state index contributed by atoms with van der Waals surface area (Å²) in [5.74, 6) is 0. The molecule has 1 atom stereocenters. The van der Waals surface area contributed by atoms with Gasteiger partial charge in [-0.1, -0.05) is 40.2 Å². The zero-order valence-electron chi connectivity index (χ0n) is 10.9. The molecule has 0 saturated carbocycles. The van der Waals surface area contributed by atoms with E-state index in [2.05, 4.69) is 63.1 Å². The van der Waals surface area contributed by atoms with E-state index in [0.717, 1.165) is 16.9 Å². The van der Waals surface area contributed by atoms with Crippen molar-refractivity contribution in [1.82, 2.24) is 4.98 Å². The number of hydrogen-bond donors (Lipinski definition) is 0. The van der Waals surface area contributed by atoms with E-state index in [1.807, 2.05) is 26.4 Å². The van der Waals surface area contributed by atoms with Crippen molar-refractivity contribution in [2.24, 2.45) is 0 Å². The summed E-state index contributed by atoms with van der Waals surface area (Å²) in [6, 6.07) is 12.6. The highest BCUT2D eigenvalue weighted by Gasteiger charge is 2.08. The third-order valence-electron chi connectivity index (χ3n) is 2.91. The van der Waals surface area contributed by atoms with E-state index in [4.69, 9.17) is 0 Å². The molecule has 1 aromatic carbocycles. The molecule has 0 fully saturated rings. The molecule has 18 heavy (non-hydrogen) atoms. The normalized spacial score (nSPS) is 12.2. The number of aromatic nitrogens is 1. The van der Waals surface area contributed by atoms with Gasteiger partial charge in [0.1, 0.15) is 0 Å². The van der Waals surface area contributed by atoms with Crippen LogP contribution in [0.25, 0.3) is 11.3 Å². The van der Waals surface area contributed by atoms with Crippen LogP contribution in [0.15, 0.2) is 42.6 Å². The van der Waals surface area contributed by atoms with Crippen molar-refractivity contribution in [3.63, 3.8) is 0 Å². The number of hydrogen-bond acceptors (Lipinski definition) is 2. The number of halogens is 1. The van der Waals surface area contributed by atoms with Crippen molar-refractivity contribution in [2.45, 2.75) is 11.8 Å². The van der Waals surface area contributed by atoms with E-state index in [-0.39, 0.29) is 0 Å². The predicted octanol–water partition coefficient (Wildman–Crippen LogP) is 4.27. The van der Waals surface area contributed by atoms with Crippen LogP contribution in [0, 0.1) is 0 Å². The van der Waals surface area contributed by atoms with Crippen molar-refractivity contribution < 1.29 is 0 Å². The molecule has 0 amide bonds. The summed E-state index contributed by atoms with van der Waals surface area (Å²) in [6.45, 7) is 2.13. The lowest BCUT2D eigenvalue weighted by Crippen LogP contribution is -2.10. The molecule has 0 aliphatic rings. The molecule has 2 aromatic rings. The highest BCUT2D eigenvalue weighted by atomic mass is 79.9. The Hall–Kier alpha value is -1.35. The Kier molecular flexibility index (Phi) is 4.02. The molecule has 1 unspecified atom stereocenters. The molecule has 0 N–H and O–H groups in total. The van der Waals surface area contributed by atoms with Crippen molar-refractivity contribution in [1.29, 1.82) is 0 Å². The summed E-state index contributed by atoms with van der Waals surface area (Å²) in [5, 5.41) is 0. The Morgan fingerprint density at radius 1 is 1.11 bits per heavy atom. The quantitative estimate of drug-likeness (QED) is 0.787. The van der Waals surface area contributed by atoms with Crippen molar-refractivity contribution in [3.05, 3.63) is 48.2 Å². The van der Waals surface area contributed by atoms with Crippen LogP contribution in [0.3, 0.4) is 0 Å². The van der Waals surface area contributed by atoms with Crippen LogP contribution in [-0.2, 0) is 0 Å². The monoisotopic (exact) mass is 304 g/mol. The van der Waals surface area contributed by atoms with E-state index < -0.39 is 0 Å². The summed E-state index contributed by atoms with van der Waals surface area (Å²) < 4.78 is 0. The zero-order valence-corrected chi connectivity index (χ0v) is 12.5. The number of alkyl halides is 1.